The number of benzene rings is 2. The second kappa shape index (κ2) is 5.76. The third kappa shape index (κ3) is 2.44. The van der Waals surface area contributed by atoms with Crippen LogP contribution in [0.1, 0.15) is 6.42 Å². The summed E-state index contributed by atoms with van der Waals surface area (Å²) in [6, 6.07) is 19.9. The van der Waals surface area contributed by atoms with Gasteiger partial charge in [0.1, 0.15) is 0 Å². The summed E-state index contributed by atoms with van der Waals surface area (Å²) in [4.78, 5) is 12.7. The molecule has 0 amide bonds. The van der Waals surface area contributed by atoms with E-state index in [1.54, 1.807) is 0 Å². The molecular weight excluding hydrogens is 284 g/mol. The highest BCUT2D eigenvalue weighted by molar-refractivity contribution is 5.93. The Morgan fingerprint density at radius 2 is 1.26 bits per heavy atom. The van der Waals surface area contributed by atoms with Gasteiger partial charge in [0.15, 0.2) is 5.43 Å². The first kappa shape index (κ1) is 13.8. The second-order valence-electron chi connectivity index (χ2n) is 5.79. The van der Waals surface area contributed by atoms with Gasteiger partial charge in [0, 0.05) is 36.3 Å². The van der Waals surface area contributed by atoms with Crippen LogP contribution in [0.2, 0.25) is 0 Å². The summed E-state index contributed by atoms with van der Waals surface area (Å²) >= 11 is 0. The summed E-state index contributed by atoms with van der Waals surface area (Å²) in [5.41, 5.74) is 2.16. The lowest BCUT2D eigenvalue weighted by Crippen LogP contribution is -2.12. The van der Waals surface area contributed by atoms with Gasteiger partial charge in [-0.3, -0.25) is 4.79 Å². The van der Waals surface area contributed by atoms with Crippen molar-refractivity contribution in [1.82, 2.24) is 9.13 Å². The molecule has 23 heavy (non-hydrogen) atoms. The molecule has 114 valence electrons. The highest BCUT2D eigenvalue weighted by Crippen LogP contribution is 2.19. The first-order chi connectivity index (χ1) is 11.3. The third-order valence-electron chi connectivity index (χ3n) is 4.34. The number of pyridine rings is 1. The van der Waals surface area contributed by atoms with Crippen LogP contribution in [0, 0.1) is 0 Å². The predicted octanol–water partition coefficient (Wildman–Crippen LogP) is 4.05. The zero-order chi connectivity index (χ0) is 15.6. The van der Waals surface area contributed by atoms with Crippen LogP contribution in [-0.4, -0.2) is 9.13 Å². The fourth-order valence-electron chi connectivity index (χ4n) is 3.25. The Bertz CT molecular complexity index is 953. The van der Waals surface area contributed by atoms with Crippen LogP contribution in [0.5, 0.6) is 0 Å². The van der Waals surface area contributed by atoms with Crippen molar-refractivity contribution in [3.63, 3.8) is 0 Å². The molecule has 0 aliphatic heterocycles. The summed E-state index contributed by atoms with van der Waals surface area (Å²) < 4.78 is 4.46. The minimum absolute atomic E-state index is 0.123. The molecule has 0 spiro atoms. The van der Waals surface area contributed by atoms with Crippen LogP contribution in [0.25, 0.3) is 21.8 Å². The van der Waals surface area contributed by atoms with E-state index in [0.717, 1.165) is 41.3 Å². The quantitative estimate of drug-likeness (QED) is 0.523. The number of hydrogen-bond donors (Lipinski definition) is 0. The van der Waals surface area contributed by atoms with Crippen molar-refractivity contribution in [2.75, 3.05) is 0 Å². The molecule has 0 aliphatic rings. The van der Waals surface area contributed by atoms with Gasteiger partial charge in [0.2, 0.25) is 0 Å². The third-order valence-corrected chi connectivity index (χ3v) is 4.34. The standard InChI is InChI=1S/C20H18N2O/c23-20-16-8-1-3-10-18(16)22(19-11-4-2-9-17(19)20)15-7-14-21-12-5-6-13-21/h1-6,8-13H,7,14-15H2. The SMILES string of the molecule is O=c1c2ccccc2n(CCCn2cccc2)c2ccccc12. The van der Waals surface area contributed by atoms with E-state index in [2.05, 4.69) is 21.5 Å². The molecule has 0 saturated heterocycles. The molecule has 2 aromatic carbocycles. The fourth-order valence-corrected chi connectivity index (χ4v) is 3.25. The number of rotatable bonds is 4. The number of hydrogen-bond acceptors (Lipinski definition) is 1. The van der Waals surface area contributed by atoms with Crippen molar-refractivity contribution in [3.8, 4) is 0 Å². The Balaban J connectivity index is 1.82. The van der Waals surface area contributed by atoms with Crippen molar-refractivity contribution < 1.29 is 0 Å². The van der Waals surface area contributed by atoms with Crippen molar-refractivity contribution in [3.05, 3.63) is 83.3 Å². The largest absolute Gasteiger partial charge is 0.354 e. The van der Waals surface area contributed by atoms with Crippen LogP contribution >= 0.6 is 0 Å². The van der Waals surface area contributed by atoms with Gasteiger partial charge in [-0.25, -0.2) is 0 Å². The molecule has 2 heterocycles. The van der Waals surface area contributed by atoms with Gasteiger partial charge in [-0.05, 0) is 42.8 Å². The van der Waals surface area contributed by atoms with Crippen molar-refractivity contribution in [2.45, 2.75) is 19.5 Å². The molecule has 0 fully saturated rings. The number of aromatic nitrogens is 2. The number of fused-ring (bicyclic) bond motifs is 2. The van der Waals surface area contributed by atoms with Crippen LogP contribution in [-0.2, 0) is 13.1 Å². The smallest absolute Gasteiger partial charge is 0.197 e. The maximum Gasteiger partial charge on any atom is 0.197 e. The molecule has 0 aliphatic carbocycles. The van der Waals surface area contributed by atoms with E-state index in [1.807, 2.05) is 60.7 Å². The maximum atomic E-state index is 12.7. The normalized spacial score (nSPS) is 11.3. The molecule has 4 aromatic rings. The van der Waals surface area contributed by atoms with E-state index in [0.29, 0.717) is 0 Å². The zero-order valence-electron chi connectivity index (χ0n) is 12.9. The molecule has 0 bridgehead atoms. The number of nitrogens with zero attached hydrogens (tertiary/aromatic N) is 2. The van der Waals surface area contributed by atoms with Gasteiger partial charge in [-0.15, -0.1) is 0 Å². The molecule has 0 saturated carbocycles. The molecule has 4 rings (SSSR count). The van der Waals surface area contributed by atoms with E-state index in [-0.39, 0.29) is 5.43 Å². The minimum atomic E-state index is 0.123. The van der Waals surface area contributed by atoms with Gasteiger partial charge in [-0.2, -0.15) is 0 Å². The first-order valence-electron chi connectivity index (χ1n) is 7.95. The highest BCUT2D eigenvalue weighted by Gasteiger charge is 2.09. The fraction of sp³-hybridized carbons (Fsp3) is 0.150. The van der Waals surface area contributed by atoms with Gasteiger partial charge in [-0.1, -0.05) is 24.3 Å². The van der Waals surface area contributed by atoms with Gasteiger partial charge < -0.3 is 9.13 Å². The van der Waals surface area contributed by atoms with Gasteiger partial charge in [0.25, 0.3) is 0 Å². The summed E-state index contributed by atoms with van der Waals surface area (Å²) in [7, 11) is 0. The number of para-hydroxylation sites is 2. The van der Waals surface area contributed by atoms with E-state index in [4.69, 9.17) is 0 Å². The Hall–Kier alpha value is -2.81. The van der Waals surface area contributed by atoms with E-state index in [9.17, 15) is 4.79 Å². The Kier molecular flexibility index (Phi) is 3.46. The Labute approximate surface area is 134 Å². The van der Waals surface area contributed by atoms with E-state index < -0.39 is 0 Å². The van der Waals surface area contributed by atoms with Gasteiger partial charge >= 0.3 is 0 Å². The first-order valence-corrected chi connectivity index (χ1v) is 7.95. The zero-order valence-corrected chi connectivity index (χ0v) is 12.9. The minimum Gasteiger partial charge on any atom is -0.354 e. The summed E-state index contributed by atoms with van der Waals surface area (Å²) in [6.07, 6.45) is 5.19. The maximum absolute atomic E-state index is 12.7. The number of aryl methyl sites for hydroxylation is 2. The van der Waals surface area contributed by atoms with Crippen LogP contribution in [0.15, 0.2) is 77.9 Å². The summed E-state index contributed by atoms with van der Waals surface area (Å²) in [5, 5.41) is 1.60. The van der Waals surface area contributed by atoms with Crippen LogP contribution in [0.4, 0.5) is 0 Å². The topological polar surface area (TPSA) is 26.9 Å². The Morgan fingerprint density at radius 1 is 0.696 bits per heavy atom. The van der Waals surface area contributed by atoms with Crippen LogP contribution < -0.4 is 5.43 Å². The van der Waals surface area contributed by atoms with Crippen molar-refractivity contribution >= 4 is 21.8 Å². The lowest BCUT2D eigenvalue weighted by Gasteiger charge is -2.15. The summed E-state index contributed by atoms with van der Waals surface area (Å²) in [6.45, 7) is 1.86. The highest BCUT2D eigenvalue weighted by atomic mass is 16.1. The molecule has 2 aromatic heterocycles. The molecule has 0 atom stereocenters. The molecule has 3 nitrogen and oxygen atoms in total. The van der Waals surface area contributed by atoms with Crippen molar-refractivity contribution in [2.24, 2.45) is 0 Å². The Morgan fingerprint density at radius 3 is 1.87 bits per heavy atom. The average molecular weight is 302 g/mol. The monoisotopic (exact) mass is 302 g/mol. The molecule has 0 radical (unpaired) electrons. The molecule has 0 N–H and O–H groups in total. The van der Waals surface area contributed by atoms with E-state index >= 15 is 0 Å². The second-order valence-corrected chi connectivity index (χ2v) is 5.79. The molecule has 3 heteroatoms. The van der Waals surface area contributed by atoms with E-state index in [1.165, 1.54) is 0 Å². The molecular formula is C20H18N2O. The van der Waals surface area contributed by atoms with Gasteiger partial charge in [0.05, 0.1) is 11.0 Å². The lowest BCUT2D eigenvalue weighted by molar-refractivity contribution is 0.582. The average Bonchev–Trinajstić information content (AvgIpc) is 3.11. The van der Waals surface area contributed by atoms with Crippen LogP contribution in [0.3, 0.4) is 0 Å². The molecule has 0 unspecified atom stereocenters. The van der Waals surface area contributed by atoms with Crippen molar-refractivity contribution in [1.29, 1.82) is 0 Å². The lowest BCUT2D eigenvalue weighted by atomic mass is 10.1. The summed E-state index contributed by atoms with van der Waals surface area (Å²) in [5.74, 6) is 0. The predicted molar refractivity (Wildman–Crippen MR) is 94.8 cm³/mol.